The predicted molar refractivity (Wildman–Crippen MR) is 129 cm³/mol. The van der Waals surface area contributed by atoms with E-state index in [0.717, 1.165) is 22.3 Å². The predicted octanol–water partition coefficient (Wildman–Crippen LogP) is 5.30. The van der Waals surface area contributed by atoms with Crippen molar-refractivity contribution in [3.05, 3.63) is 99.2 Å². The minimum atomic E-state index is -0.932. The molecule has 4 rings (SSSR count). The number of carbonyl (C=O) groups is 3. The van der Waals surface area contributed by atoms with E-state index in [2.05, 4.69) is 5.32 Å². The van der Waals surface area contributed by atoms with Crippen LogP contribution in [0.1, 0.15) is 38.2 Å². The summed E-state index contributed by atoms with van der Waals surface area (Å²) in [6.07, 6.45) is 0. The van der Waals surface area contributed by atoms with Crippen molar-refractivity contribution in [2.75, 3.05) is 5.32 Å². The monoisotopic (exact) mass is 455 g/mol. The fourth-order valence-electron chi connectivity index (χ4n) is 4.07. The zero-order valence-corrected chi connectivity index (χ0v) is 19.7. The molecule has 0 radical (unpaired) electrons. The van der Waals surface area contributed by atoms with Gasteiger partial charge in [0.2, 0.25) is 5.78 Å². The summed E-state index contributed by atoms with van der Waals surface area (Å²) >= 11 is 0. The van der Waals surface area contributed by atoms with E-state index in [1.54, 1.807) is 49.4 Å². The van der Waals surface area contributed by atoms with Crippen LogP contribution >= 0.6 is 0 Å². The molecule has 1 aliphatic heterocycles. The van der Waals surface area contributed by atoms with Crippen LogP contribution in [0.25, 0.3) is 0 Å². The third kappa shape index (κ3) is 4.35. The number of benzene rings is 3. The van der Waals surface area contributed by atoms with Gasteiger partial charge < -0.3 is 14.8 Å². The summed E-state index contributed by atoms with van der Waals surface area (Å²) in [6.45, 7) is 9.25. The van der Waals surface area contributed by atoms with E-state index in [-0.39, 0.29) is 5.70 Å². The highest BCUT2D eigenvalue weighted by molar-refractivity contribution is 6.29. The number of ether oxygens (including phenoxy) is 2. The minimum Gasteiger partial charge on any atom is -0.422 e. The van der Waals surface area contributed by atoms with Gasteiger partial charge in [-0.15, -0.1) is 0 Å². The molecule has 0 saturated carbocycles. The fraction of sp³-hybridized carbons (Fsp3) is 0.179. The molecule has 0 saturated heterocycles. The molecule has 0 atom stereocenters. The molecule has 172 valence electrons. The van der Waals surface area contributed by atoms with Crippen LogP contribution in [-0.4, -0.2) is 17.7 Å². The first-order valence-electron chi connectivity index (χ1n) is 10.9. The number of esters is 2. The van der Waals surface area contributed by atoms with Crippen LogP contribution in [-0.2, 0) is 9.59 Å². The second kappa shape index (κ2) is 8.98. The summed E-state index contributed by atoms with van der Waals surface area (Å²) in [5, 5.41) is 2.95. The topological polar surface area (TPSA) is 81.7 Å². The summed E-state index contributed by atoms with van der Waals surface area (Å²) in [7, 11) is 0. The fourth-order valence-corrected chi connectivity index (χ4v) is 4.07. The number of rotatable bonds is 4. The maximum absolute atomic E-state index is 13.6. The lowest BCUT2D eigenvalue weighted by molar-refractivity contribution is -0.133. The summed E-state index contributed by atoms with van der Waals surface area (Å²) in [4.78, 5) is 40.1. The summed E-state index contributed by atoms with van der Waals surface area (Å²) in [5.74, 6) is -1.71. The summed E-state index contributed by atoms with van der Waals surface area (Å²) < 4.78 is 11.2. The van der Waals surface area contributed by atoms with Gasteiger partial charge in [-0.3, -0.25) is 4.79 Å². The van der Waals surface area contributed by atoms with E-state index in [0.29, 0.717) is 28.3 Å². The Kier molecular flexibility index (Phi) is 6.07. The highest BCUT2D eigenvalue weighted by atomic mass is 16.5. The molecule has 0 bridgehead atoms. The summed E-state index contributed by atoms with van der Waals surface area (Å²) in [6, 6.07) is 15.9. The first-order valence-corrected chi connectivity index (χ1v) is 10.9. The number of fused-ring (bicyclic) bond motifs is 1. The van der Waals surface area contributed by atoms with Gasteiger partial charge in [0.05, 0.1) is 5.69 Å². The number of Topliss-reactive ketones (excluding diaryl/α,β-unsaturated/α-hetero) is 1. The number of aryl methyl sites for hydroxylation is 5. The third-order valence-corrected chi connectivity index (χ3v) is 5.67. The van der Waals surface area contributed by atoms with Crippen molar-refractivity contribution >= 4 is 23.4 Å². The lowest BCUT2D eigenvalue weighted by Gasteiger charge is -2.22. The number of carbonyl (C=O) groups excluding carboxylic acids is 3. The number of ketones is 1. The van der Waals surface area contributed by atoms with Crippen LogP contribution in [0.2, 0.25) is 0 Å². The van der Waals surface area contributed by atoms with Crippen LogP contribution in [0.3, 0.4) is 0 Å². The Hall–Kier alpha value is -4.19. The van der Waals surface area contributed by atoms with Crippen LogP contribution in [0.15, 0.2) is 65.9 Å². The Morgan fingerprint density at radius 1 is 0.824 bits per heavy atom. The first kappa shape index (κ1) is 23.0. The molecule has 0 unspecified atom stereocenters. The SMILES string of the molecule is Cc1cc(C)c(OC(=O)C(C(=O)c2ccccc2C)=C2Nc3cc(C)ccc3OC2=O)c(C)c1. The zero-order chi connectivity index (χ0) is 24.6. The Morgan fingerprint density at radius 2 is 1.50 bits per heavy atom. The van der Waals surface area contributed by atoms with Gasteiger partial charge in [0.1, 0.15) is 17.0 Å². The zero-order valence-electron chi connectivity index (χ0n) is 19.7. The first-order chi connectivity index (χ1) is 16.2. The number of nitrogens with one attached hydrogen (secondary N) is 1. The second-order valence-corrected chi connectivity index (χ2v) is 8.53. The number of hydrogen-bond donors (Lipinski definition) is 1. The minimum absolute atomic E-state index is 0.251. The number of hydrogen-bond acceptors (Lipinski definition) is 6. The molecule has 6 nitrogen and oxygen atoms in total. The maximum atomic E-state index is 13.6. The molecule has 1 heterocycles. The standard InChI is InChI=1S/C28H25NO5/c1-15-10-11-22-21(14-15)29-24(28(32)33-22)23(25(30)20-9-7-6-8-17(20)3)27(31)34-26-18(4)12-16(2)13-19(26)5/h6-14,29H,1-5H3. The van der Waals surface area contributed by atoms with Crippen molar-refractivity contribution in [3.8, 4) is 11.5 Å². The highest BCUT2D eigenvalue weighted by Gasteiger charge is 2.35. The van der Waals surface area contributed by atoms with Crippen LogP contribution in [0.4, 0.5) is 5.69 Å². The Bertz CT molecular complexity index is 1360. The molecule has 34 heavy (non-hydrogen) atoms. The van der Waals surface area contributed by atoms with Crippen molar-refractivity contribution in [2.24, 2.45) is 0 Å². The van der Waals surface area contributed by atoms with Crippen LogP contribution in [0.5, 0.6) is 11.5 Å². The lowest BCUT2D eigenvalue weighted by atomic mass is 9.97. The molecular formula is C28H25NO5. The van der Waals surface area contributed by atoms with Crippen LogP contribution in [0, 0.1) is 34.6 Å². The van der Waals surface area contributed by atoms with Crippen molar-refractivity contribution in [1.29, 1.82) is 0 Å². The molecule has 0 fully saturated rings. The molecule has 0 aromatic heterocycles. The van der Waals surface area contributed by atoms with Gasteiger partial charge in [0.25, 0.3) is 0 Å². The largest absolute Gasteiger partial charge is 0.422 e. The van der Waals surface area contributed by atoms with Gasteiger partial charge in [-0.05, 0) is 69.0 Å². The Morgan fingerprint density at radius 3 is 2.18 bits per heavy atom. The second-order valence-electron chi connectivity index (χ2n) is 8.53. The van der Waals surface area contributed by atoms with Gasteiger partial charge in [0.15, 0.2) is 5.75 Å². The molecule has 6 heteroatoms. The van der Waals surface area contributed by atoms with E-state index in [4.69, 9.17) is 9.47 Å². The highest BCUT2D eigenvalue weighted by Crippen LogP contribution is 2.34. The lowest BCUT2D eigenvalue weighted by Crippen LogP contribution is -2.31. The van der Waals surface area contributed by atoms with E-state index in [1.165, 1.54) is 0 Å². The maximum Gasteiger partial charge on any atom is 0.361 e. The average Bonchev–Trinajstić information content (AvgIpc) is 2.77. The van der Waals surface area contributed by atoms with E-state index in [1.807, 2.05) is 39.8 Å². The van der Waals surface area contributed by atoms with Gasteiger partial charge in [-0.2, -0.15) is 0 Å². The quantitative estimate of drug-likeness (QED) is 0.144. The third-order valence-electron chi connectivity index (χ3n) is 5.67. The molecule has 0 spiro atoms. The molecule has 0 aliphatic carbocycles. The van der Waals surface area contributed by atoms with Crippen molar-refractivity contribution in [1.82, 2.24) is 0 Å². The van der Waals surface area contributed by atoms with Crippen molar-refractivity contribution in [2.45, 2.75) is 34.6 Å². The van der Waals surface area contributed by atoms with E-state index in [9.17, 15) is 14.4 Å². The molecule has 1 aliphatic rings. The van der Waals surface area contributed by atoms with Gasteiger partial charge >= 0.3 is 11.9 Å². The van der Waals surface area contributed by atoms with Gasteiger partial charge in [-0.25, -0.2) is 9.59 Å². The average molecular weight is 456 g/mol. The van der Waals surface area contributed by atoms with E-state index >= 15 is 0 Å². The number of anilines is 1. The Balaban J connectivity index is 1.86. The van der Waals surface area contributed by atoms with Crippen LogP contribution < -0.4 is 14.8 Å². The van der Waals surface area contributed by atoms with Crippen molar-refractivity contribution in [3.63, 3.8) is 0 Å². The molecule has 3 aromatic rings. The molecular weight excluding hydrogens is 430 g/mol. The smallest absolute Gasteiger partial charge is 0.361 e. The molecule has 3 aromatic carbocycles. The molecule has 0 amide bonds. The molecule has 1 N–H and O–H groups in total. The van der Waals surface area contributed by atoms with Crippen molar-refractivity contribution < 1.29 is 23.9 Å². The summed E-state index contributed by atoms with van der Waals surface area (Å²) in [5.41, 5.74) is 4.23. The van der Waals surface area contributed by atoms with Gasteiger partial charge in [-0.1, -0.05) is 48.0 Å². The van der Waals surface area contributed by atoms with Gasteiger partial charge in [0, 0.05) is 5.56 Å². The Labute approximate surface area is 198 Å². The normalized spacial score (nSPS) is 14.0. The van der Waals surface area contributed by atoms with E-state index < -0.39 is 23.3 Å².